The van der Waals surface area contributed by atoms with Crippen LogP contribution in [0.25, 0.3) is 10.9 Å². The maximum atomic E-state index is 13.9. The van der Waals surface area contributed by atoms with Crippen molar-refractivity contribution in [1.82, 2.24) is 4.98 Å². The number of hydrogen-bond donors (Lipinski definition) is 0. The predicted molar refractivity (Wildman–Crippen MR) is 101 cm³/mol. The molecule has 1 aliphatic rings. The fourth-order valence-electron chi connectivity index (χ4n) is 3.44. The Balaban J connectivity index is 1.96. The van der Waals surface area contributed by atoms with Crippen molar-refractivity contribution >= 4 is 28.2 Å². The van der Waals surface area contributed by atoms with Crippen LogP contribution in [0.4, 0.5) is 4.39 Å². The van der Waals surface area contributed by atoms with E-state index in [1.807, 2.05) is 25.1 Å². The topological polar surface area (TPSA) is 25.2 Å². The van der Waals surface area contributed by atoms with Gasteiger partial charge in [0.05, 0.1) is 11.3 Å². The minimum Gasteiger partial charge on any atom is -0.278 e. The first-order valence-electron chi connectivity index (χ1n) is 8.28. The number of aryl methyl sites for hydroxylation is 1. The lowest BCUT2D eigenvalue weighted by atomic mass is 9.84. The lowest BCUT2D eigenvalue weighted by molar-refractivity contribution is 0.513. The van der Waals surface area contributed by atoms with Gasteiger partial charge in [0.25, 0.3) is 0 Å². The van der Waals surface area contributed by atoms with Crippen LogP contribution in [0.5, 0.6) is 0 Å². The van der Waals surface area contributed by atoms with Gasteiger partial charge >= 0.3 is 0 Å². The van der Waals surface area contributed by atoms with E-state index in [1.165, 1.54) is 6.07 Å². The van der Waals surface area contributed by atoms with Gasteiger partial charge in [-0.2, -0.15) is 0 Å². The molecule has 2 aromatic carbocycles. The first-order chi connectivity index (χ1) is 11.9. The van der Waals surface area contributed by atoms with E-state index < -0.39 is 0 Å². The maximum Gasteiger partial charge on any atom is 0.149 e. The highest BCUT2D eigenvalue weighted by molar-refractivity contribution is 6.33. The Kier molecular flexibility index (Phi) is 3.66. The monoisotopic (exact) mass is 352 g/mol. The van der Waals surface area contributed by atoms with Gasteiger partial charge in [0.15, 0.2) is 0 Å². The van der Waals surface area contributed by atoms with E-state index in [2.05, 4.69) is 24.9 Å². The normalized spacial score (nSPS) is 15.8. The molecule has 4 rings (SSSR count). The standard InChI is InChI=1S/C21H18ClFN2/c1-12-7-8-15-16(18(12)22)10-21(2,3)25-19(15)14-9-13-5-4-6-17(23)20(13)24-11-14/h4-9,11H,10H2,1-3H3. The molecule has 4 heteroatoms. The number of aliphatic imine (C=N–C) groups is 1. The van der Waals surface area contributed by atoms with Crippen LogP contribution in [-0.4, -0.2) is 16.2 Å². The Bertz CT molecular complexity index is 1040. The van der Waals surface area contributed by atoms with E-state index in [9.17, 15) is 4.39 Å². The fourth-order valence-corrected chi connectivity index (χ4v) is 3.67. The molecule has 0 unspecified atom stereocenters. The van der Waals surface area contributed by atoms with Crippen molar-refractivity contribution in [3.05, 3.63) is 75.7 Å². The zero-order valence-corrected chi connectivity index (χ0v) is 15.2. The molecule has 0 saturated heterocycles. The average Bonchev–Trinajstić information content (AvgIpc) is 2.57. The number of pyridine rings is 1. The number of nitrogens with zero attached hydrogens (tertiary/aromatic N) is 2. The summed E-state index contributed by atoms with van der Waals surface area (Å²) >= 11 is 6.59. The predicted octanol–water partition coefficient (Wildman–Crippen LogP) is 5.51. The first kappa shape index (κ1) is 16.2. The van der Waals surface area contributed by atoms with Gasteiger partial charge in [-0.05, 0) is 50.5 Å². The van der Waals surface area contributed by atoms with Crippen molar-refractivity contribution in [3.8, 4) is 0 Å². The molecule has 2 nitrogen and oxygen atoms in total. The van der Waals surface area contributed by atoms with Gasteiger partial charge in [0.1, 0.15) is 11.3 Å². The third kappa shape index (κ3) is 2.73. The highest BCUT2D eigenvalue weighted by Crippen LogP contribution is 2.35. The Morgan fingerprint density at radius 2 is 1.96 bits per heavy atom. The zero-order valence-electron chi connectivity index (χ0n) is 14.4. The van der Waals surface area contributed by atoms with Crippen LogP contribution in [0.3, 0.4) is 0 Å². The van der Waals surface area contributed by atoms with Crippen molar-refractivity contribution in [3.63, 3.8) is 0 Å². The molecule has 0 aliphatic carbocycles. The van der Waals surface area contributed by atoms with Crippen LogP contribution in [0, 0.1) is 12.7 Å². The Labute approximate surface area is 151 Å². The second-order valence-corrected chi connectivity index (χ2v) is 7.59. The highest BCUT2D eigenvalue weighted by Gasteiger charge is 2.29. The van der Waals surface area contributed by atoms with E-state index in [0.29, 0.717) is 5.52 Å². The fraction of sp³-hybridized carbons (Fsp3) is 0.238. The van der Waals surface area contributed by atoms with Crippen molar-refractivity contribution < 1.29 is 4.39 Å². The van der Waals surface area contributed by atoms with Crippen LogP contribution in [0.15, 0.2) is 47.6 Å². The second-order valence-electron chi connectivity index (χ2n) is 7.21. The van der Waals surface area contributed by atoms with Gasteiger partial charge in [0.2, 0.25) is 0 Å². The lowest BCUT2D eigenvalue weighted by Crippen LogP contribution is -2.30. The molecular formula is C21H18ClFN2. The van der Waals surface area contributed by atoms with Gasteiger partial charge in [-0.25, -0.2) is 4.39 Å². The number of benzene rings is 2. The zero-order chi connectivity index (χ0) is 17.8. The SMILES string of the molecule is Cc1ccc2c(c1Cl)CC(C)(C)N=C2c1cnc2c(F)cccc2c1. The van der Waals surface area contributed by atoms with E-state index >= 15 is 0 Å². The first-order valence-corrected chi connectivity index (χ1v) is 8.66. The van der Waals surface area contributed by atoms with Crippen LogP contribution in [-0.2, 0) is 6.42 Å². The minimum absolute atomic E-state index is 0.253. The van der Waals surface area contributed by atoms with E-state index in [0.717, 1.165) is 44.8 Å². The third-order valence-electron chi connectivity index (χ3n) is 4.65. The molecule has 0 bridgehead atoms. The molecule has 3 aromatic rings. The molecule has 0 spiro atoms. The number of rotatable bonds is 1. The summed E-state index contributed by atoms with van der Waals surface area (Å²) in [6, 6.07) is 11.0. The summed E-state index contributed by atoms with van der Waals surface area (Å²) in [5, 5.41) is 1.57. The number of fused-ring (bicyclic) bond motifs is 2. The highest BCUT2D eigenvalue weighted by atomic mass is 35.5. The largest absolute Gasteiger partial charge is 0.278 e. The maximum absolute atomic E-state index is 13.9. The van der Waals surface area contributed by atoms with Crippen LogP contribution < -0.4 is 0 Å². The molecule has 0 atom stereocenters. The third-order valence-corrected chi connectivity index (χ3v) is 5.18. The number of halogens is 2. The Hall–Kier alpha value is -2.26. The summed E-state index contributed by atoms with van der Waals surface area (Å²) in [5.74, 6) is -0.311. The Morgan fingerprint density at radius 1 is 1.16 bits per heavy atom. The van der Waals surface area contributed by atoms with E-state index in [-0.39, 0.29) is 11.4 Å². The molecule has 1 aliphatic heterocycles. The van der Waals surface area contributed by atoms with Crippen molar-refractivity contribution in [2.24, 2.45) is 4.99 Å². The molecule has 2 heterocycles. The van der Waals surface area contributed by atoms with Gasteiger partial charge in [-0.3, -0.25) is 9.98 Å². The van der Waals surface area contributed by atoms with Gasteiger partial charge < -0.3 is 0 Å². The van der Waals surface area contributed by atoms with Crippen molar-refractivity contribution in [2.75, 3.05) is 0 Å². The molecule has 0 saturated carbocycles. The quantitative estimate of drug-likeness (QED) is 0.567. The van der Waals surface area contributed by atoms with Gasteiger partial charge in [-0.15, -0.1) is 0 Å². The van der Waals surface area contributed by atoms with E-state index in [1.54, 1.807) is 12.3 Å². The second kappa shape index (κ2) is 5.63. The minimum atomic E-state index is -0.311. The summed E-state index contributed by atoms with van der Waals surface area (Å²) in [6.45, 7) is 6.22. The summed E-state index contributed by atoms with van der Waals surface area (Å²) in [5.41, 5.74) is 5.10. The van der Waals surface area contributed by atoms with Gasteiger partial charge in [0, 0.05) is 27.7 Å². The van der Waals surface area contributed by atoms with Crippen LogP contribution in [0.2, 0.25) is 5.02 Å². The van der Waals surface area contributed by atoms with E-state index in [4.69, 9.17) is 16.6 Å². The summed E-state index contributed by atoms with van der Waals surface area (Å²) < 4.78 is 13.9. The molecule has 0 radical (unpaired) electrons. The van der Waals surface area contributed by atoms with Crippen molar-refractivity contribution in [1.29, 1.82) is 0 Å². The molecule has 0 amide bonds. The van der Waals surface area contributed by atoms with Crippen LogP contribution in [0.1, 0.15) is 36.1 Å². The summed E-state index contributed by atoms with van der Waals surface area (Å²) in [6.07, 6.45) is 2.49. The average molecular weight is 353 g/mol. The number of aromatic nitrogens is 1. The Morgan fingerprint density at radius 3 is 2.76 bits per heavy atom. The number of hydrogen-bond acceptors (Lipinski definition) is 2. The lowest BCUT2D eigenvalue weighted by Gasteiger charge is -2.30. The van der Waals surface area contributed by atoms with Crippen molar-refractivity contribution in [2.45, 2.75) is 32.7 Å². The molecule has 126 valence electrons. The van der Waals surface area contributed by atoms with Gasteiger partial charge in [-0.1, -0.05) is 35.9 Å². The molecule has 0 N–H and O–H groups in total. The summed E-state index contributed by atoms with van der Waals surface area (Å²) in [7, 11) is 0. The number of para-hydroxylation sites is 1. The summed E-state index contributed by atoms with van der Waals surface area (Å²) in [4.78, 5) is 9.28. The molecule has 25 heavy (non-hydrogen) atoms. The van der Waals surface area contributed by atoms with Crippen LogP contribution >= 0.6 is 11.6 Å². The smallest absolute Gasteiger partial charge is 0.149 e. The molecule has 1 aromatic heterocycles. The molecule has 0 fully saturated rings. The molecular weight excluding hydrogens is 335 g/mol.